The average Bonchev–Trinajstić information content (AvgIpc) is 2.34. The number of likely N-dealkylation sites (tertiary alicyclic amines) is 1. The van der Waals surface area contributed by atoms with Gasteiger partial charge in [0.1, 0.15) is 0 Å². The minimum atomic E-state index is -0.140. The van der Waals surface area contributed by atoms with Crippen LogP contribution < -0.4 is 0 Å². The molecule has 0 spiro atoms. The van der Waals surface area contributed by atoms with E-state index in [4.69, 9.17) is 4.74 Å². The first-order chi connectivity index (χ1) is 8.70. The second-order valence-electron chi connectivity index (χ2n) is 5.43. The Morgan fingerprint density at radius 2 is 2.00 bits per heavy atom. The Kier molecular flexibility index (Phi) is 4.61. The van der Waals surface area contributed by atoms with Gasteiger partial charge in [-0.05, 0) is 38.5 Å². The third-order valence-corrected chi connectivity index (χ3v) is 4.08. The number of nitrogens with zero attached hydrogens (tertiary/aromatic N) is 1. The first kappa shape index (κ1) is 13.4. The molecule has 2 fully saturated rings. The normalized spacial score (nSPS) is 24.5. The SMILES string of the molecule is CCOC(=O)[C@H]1CCCN(C(=O)CC2CCC2)C1. The molecule has 0 unspecified atom stereocenters. The van der Waals surface area contributed by atoms with Crippen molar-refractivity contribution in [3.8, 4) is 0 Å². The molecule has 0 radical (unpaired) electrons. The Hall–Kier alpha value is -1.06. The standard InChI is InChI=1S/C14H23NO3/c1-2-18-14(17)12-7-4-8-15(10-12)13(16)9-11-5-3-6-11/h11-12H,2-10H2,1H3/t12-/m0/s1. The van der Waals surface area contributed by atoms with Crippen molar-refractivity contribution in [2.45, 2.75) is 45.4 Å². The lowest BCUT2D eigenvalue weighted by molar-refractivity contribution is -0.151. The maximum Gasteiger partial charge on any atom is 0.310 e. The third kappa shape index (κ3) is 3.24. The summed E-state index contributed by atoms with van der Waals surface area (Å²) in [6.07, 6.45) is 6.10. The van der Waals surface area contributed by atoms with E-state index in [2.05, 4.69) is 0 Å². The molecular weight excluding hydrogens is 230 g/mol. The van der Waals surface area contributed by atoms with Gasteiger partial charge in [-0.25, -0.2) is 0 Å². The summed E-state index contributed by atoms with van der Waals surface area (Å²) in [4.78, 5) is 25.7. The minimum Gasteiger partial charge on any atom is -0.466 e. The summed E-state index contributed by atoms with van der Waals surface area (Å²) in [7, 11) is 0. The van der Waals surface area contributed by atoms with Gasteiger partial charge < -0.3 is 9.64 Å². The second kappa shape index (κ2) is 6.21. The number of ether oxygens (including phenoxy) is 1. The highest BCUT2D eigenvalue weighted by atomic mass is 16.5. The first-order valence-electron chi connectivity index (χ1n) is 7.15. The van der Waals surface area contributed by atoms with Crippen LogP contribution in [0.4, 0.5) is 0 Å². The monoisotopic (exact) mass is 253 g/mol. The molecule has 0 aromatic heterocycles. The zero-order valence-electron chi connectivity index (χ0n) is 11.2. The molecule has 2 rings (SSSR count). The molecular formula is C14H23NO3. The van der Waals surface area contributed by atoms with E-state index in [-0.39, 0.29) is 17.8 Å². The molecule has 1 saturated carbocycles. The van der Waals surface area contributed by atoms with Crippen LogP contribution >= 0.6 is 0 Å². The molecule has 0 bridgehead atoms. The van der Waals surface area contributed by atoms with E-state index in [0.29, 0.717) is 25.5 Å². The number of esters is 1. The molecule has 4 heteroatoms. The zero-order valence-corrected chi connectivity index (χ0v) is 11.2. The number of rotatable bonds is 4. The highest BCUT2D eigenvalue weighted by molar-refractivity contribution is 5.78. The lowest BCUT2D eigenvalue weighted by Crippen LogP contribution is -2.43. The van der Waals surface area contributed by atoms with Crippen molar-refractivity contribution in [2.75, 3.05) is 19.7 Å². The van der Waals surface area contributed by atoms with Crippen molar-refractivity contribution in [2.24, 2.45) is 11.8 Å². The maximum absolute atomic E-state index is 12.1. The third-order valence-electron chi connectivity index (χ3n) is 4.08. The molecule has 1 saturated heterocycles. The number of carbonyl (C=O) groups is 2. The summed E-state index contributed by atoms with van der Waals surface area (Å²) >= 11 is 0. The van der Waals surface area contributed by atoms with Crippen molar-refractivity contribution in [1.29, 1.82) is 0 Å². The van der Waals surface area contributed by atoms with Gasteiger partial charge in [-0.3, -0.25) is 9.59 Å². The smallest absolute Gasteiger partial charge is 0.310 e. The van der Waals surface area contributed by atoms with Crippen LogP contribution in [0.1, 0.15) is 45.4 Å². The van der Waals surface area contributed by atoms with Crippen LogP contribution in [0.3, 0.4) is 0 Å². The average molecular weight is 253 g/mol. The number of piperidine rings is 1. The van der Waals surface area contributed by atoms with Crippen molar-refractivity contribution in [1.82, 2.24) is 4.90 Å². The molecule has 2 aliphatic rings. The van der Waals surface area contributed by atoms with Gasteiger partial charge >= 0.3 is 5.97 Å². The topological polar surface area (TPSA) is 46.6 Å². The van der Waals surface area contributed by atoms with Crippen molar-refractivity contribution in [3.63, 3.8) is 0 Å². The van der Waals surface area contributed by atoms with E-state index < -0.39 is 0 Å². The van der Waals surface area contributed by atoms with E-state index in [9.17, 15) is 9.59 Å². The van der Waals surface area contributed by atoms with E-state index in [0.717, 1.165) is 19.4 Å². The molecule has 1 heterocycles. The van der Waals surface area contributed by atoms with Gasteiger partial charge in [0.25, 0.3) is 0 Å². The number of hydrogen-bond donors (Lipinski definition) is 0. The van der Waals surface area contributed by atoms with E-state index in [1.54, 1.807) is 0 Å². The fraction of sp³-hybridized carbons (Fsp3) is 0.857. The highest BCUT2D eigenvalue weighted by Gasteiger charge is 2.31. The van der Waals surface area contributed by atoms with E-state index in [1.807, 2.05) is 11.8 Å². The van der Waals surface area contributed by atoms with Crippen molar-refractivity contribution >= 4 is 11.9 Å². The van der Waals surface area contributed by atoms with E-state index >= 15 is 0 Å². The zero-order chi connectivity index (χ0) is 13.0. The summed E-state index contributed by atoms with van der Waals surface area (Å²) in [6.45, 7) is 3.61. The minimum absolute atomic E-state index is 0.107. The summed E-state index contributed by atoms with van der Waals surface area (Å²) in [5, 5.41) is 0. The van der Waals surface area contributed by atoms with Crippen LogP contribution in [-0.2, 0) is 14.3 Å². The first-order valence-corrected chi connectivity index (χ1v) is 7.15. The Morgan fingerprint density at radius 3 is 2.61 bits per heavy atom. The molecule has 1 atom stereocenters. The molecule has 1 aliphatic heterocycles. The molecule has 0 N–H and O–H groups in total. The lowest BCUT2D eigenvalue weighted by atomic mass is 9.82. The molecule has 4 nitrogen and oxygen atoms in total. The molecule has 1 aliphatic carbocycles. The Morgan fingerprint density at radius 1 is 1.22 bits per heavy atom. The molecule has 0 aromatic rings. The summed E-state index contributed by atoms with van der Waals surface area (Å²) in [5.74, 6) is 0.580. The quantitative estimate of drug-likeness (QED) is 0.720. The Labute approximate surface area is 109 Å². The fourth-order valence-electron chi connectivity index (χ4n) is 2.73. The van der Waals surface area contributed by atoms with Gasteiger partial charge in [-0.1, -0.05) is 6.42 Å². The van der Waals surface area contributed by atoms with Crippen LogP contribution in [0, 0.1) is 11.8 Å². The van der Waals surface area contributed by atoms with Crippen LogP contribution in [0.5, 0.6) is 0 Å². The Balaban J connectivity index is 1.81. The molecule has 1 amide bonds. The maximum atomic E-state index is 12.1. The predicted octanol–water partition coefficient (Wildman–Crippen LogP) is 1.98. The molecule has 18 heavy (non-hydrogen) atoms. The van der Waals surface area contributed by atoms with Gasteiger partial charge in [0, 0.05) is 19.5 Å². The van der Waals surface area contributed by atoms with Gasteiger partial charge in [-0.2, -0.15) is 0 Å². The molecule has 102 valence electrons. The number of carbonyl (C=O) groups excluding carboxylic acids is 2. The summed E-state index contributed by atoms with van der Waals surface area (Å²) in [6, 6.07) is 0. The largest absolute Gasteiger partial charge is 0.466 e. The number of amides is 1. The van der Waals surface area contributed by atoms with Crippen molar-refractivity contribution in [3.05, 3.63) is 0 Å². The number of hydrogen-bond acceptors (Lipinski definition) is 3. The van der Waals surface area contributed by atoms with Gasteiger partial charge in [0.2, 0.25) is 5.91 Å². The Bertz CT molecular complexity index is 312. The van der Waals surface area contributed by atoms with E-state index in [1.165, 1.54) is 19.3 Å². The highest BCUT2D eigenvalue weighted by Crippen LogP contribution is 2.30. The molecule has 0 aromatic carbocycles. The fourth-order valence-corrected chi connectivity index (χ4v) is 2.73. The van der Waals surface area contributed by atoms with Crippen LogP contribution in [-0.4, -0.2) is 36.5 Å². The summed E-state index contributed by atoms with van der Waals surface area (Å²) in [5.41, 5.74) is 0. The van der Waals surface area contributed by atoms with Crippen LogP contribution in [0.15, 0.2) is 0 Å². The summed E-state index contributed by atoms with van der Waals surface area (Å²) < 4.78 is 5.05. The van der Waals surface area contributed by atoms with Gasteiger partial charge in [0.15, 0.2) is 0 Å². The second-order valence-corrected chi connectivity index (χ2v) is 5.43. The van der Waals surface area contributed by atoms with Gasteiger partial charge in [0.05, 0.1) is 12.5 Å². The van der Waals surface area contributed by atoms with Crippen LogP contribution in [0.2, 0.25) is 0 Å². The predicted molar refractivity (Wildman–Crippen MR) is 67.9 cm³/mol. The lowest BCUT2D eigenvalue weighted by Gasteiger charge is -2.34. The van der Waals surface area contributed by atoms with Crippen molar-refractivity contribution < 1.29 is 14.3 Å². The van der Waals surface area contributed by atoms with Gasteiger partial charge in [-0.15, -0.1) is 0 Å². The van der Waals surface area contributed by atoms with Crippen LogP contribution in [0.25, 0.3) is 0 Å².